The summed E-state index contributed by atoms with van der Waals surface area (Å²) in [5.74, 6) is -0.380. The molecular weight excluding hydrogens is 346 g/mol. The molecule has 0 aromatic heterocycles. The molecule has 0 spiro atoms. The predicted molar refractivity (Wildman–Crippen MR) is 104 cm³/mol. The van der Waals surface area contributed by atoms with Crippen molar-refractivity contribution < 1.29 is 23.8 Å². The van der Waals surface area contributed by atoms with Crippen LogP contribution in [0.25, 0.3) is 0 Å². The fraction of sp³-hybridized carbons (Fsp3) is 0.619. The Hall–Kier alpha value is -2.08. The molecule has 1 N–H and O–H groups in total. The van der Waals surface area contributed by atoms with Crippen molar-refractivity contribution in [3.63, 3.8) is 0 Å². The van der Waals surface area contributed by atoms with E-state index >= 15 is 0 Å². The average Bonchev–Trinajstić information content (AvgIpc) is 2.51. The van der Waals surface area contributed by atoms with E-state index in [1.165, 1.54) is 7.11 Å². The number of alkyl carbamates (subject to hydrolysis) is 1. The van der Waals surface area contributed by atoms with Crippen LogP contribution < -0.4 is 5.32 Å². The molecule has 0 aliphatic rings. The van der Waals surface area contributed by atoms with Gasteiger partial charge in [-0.25, -0.2) is 4.79 Å². The molecule has 0 bridgehead atoms. The Morgan fingerprint density at radius 1 is 1.07 bits per heavy atom. The lowest BCUT2D eigenvalue weighted by atomic mass is 9.83. The Bertz CT molecular complexity index is 592. The third-order valence-corrected chi connectivity index (χ3v) is 3.66. The summed E-state index contributed by atoms with van der Waals surface area (Å²) < 4.78 is 15.9. The smallest absolute Gasteiger partial charge is 0.407 e. The minimum atomic E-state index is -0.595. The zero-order chi connectivity index (χ0) is 20.5. The van der Waals surface area contributed by atoms with E-state index in [1.807, 2.05) is 44.2 Å². The van der Waals surface area contributed by atoms with E-state index in [9.17, 15) is 9.59 Å². The summed E-state index contributed by atoms with van der Waals surface area (Å²) in [6.45, 7) is 10.4. The van der Waals surface area contributed by atoms with Gasteiger partial charge in [0.25, 0.3) is 0 Å². The van der Waals surface area contributed by atoms with Gasteiger partial charge in [0, 0.05) is 7.11 Å². The van der Waals surface area contributed by atoms with Crippen LogP contribution in [0, 0.1) is 5.41 Å². The topological polar surface area (TPSA) is 73.9 Å². The molecule has 0 saturated heterocycles. The molecule has 6 nitrogen and oxygen atoms in total. The average molecular weight is 379 g/mol. The van der Waals surface area contributed by atoms with Crippen LogP contribution in [0.5, 0.6) is 0 Å². The van der Waals surface area contributed by atoms with Crippen LogP contribution in [0.1, 0.15) is 53.0 Å². The summed E-state index contributed by atoms with van der Waals surface area (Å²) in [6, 6.07) is 8.87. The van der Waals surface area contributed by atoms with Gasteiger partial charge in [0.1, 0.15) is 12.2 Å². The highest BCUT2D eigenvalue weighted by atomic mass is 16.6. The van der Waals surface area contributed by atoms with E-state index in [0.717, 1.165) is 12.0 Å². The summed E-state index contributed by atoms with van der Waals surface area (Å²) >= 11 is 0. The van der Waals surface area contributed by atoms with Crippen LogP contribution in [0.3, 0.4) is 0 Å². The molecule has 1 aromatic rings. The fourth-order valence-corrected chi connectivity index (χ4v) is 3.15. The minimum absolute atomic E-state index is 0.0157. The number of methoxy groups -OCH3 is 1. The first-order valence-corrected chi connectivity index (χ1v) is 9.19. The molecule has 0 saturated carbocycles. The molecule has 1 rings (SSSR count). The van der Waals surface area contributed by atoms with Crippen molar-refractivity contribution in [1.82, 2.24) is 5.32 Å². The third-order valence-electron chi connectivity index (χ3n) is 3.66. The molecule has 1 aromatic carbocycles. The van der Waals surface area contributed by atoms with E-state index in [1.54, 1.807) is 0 Å². The highest BCUT2D eigenvalue weighted by Gasteiger charge is 2.30. The van der Waals surface area contributed by atoms with E-state index in [0.29, 0.717) is 0 Å². The van der Waals surface area contributed by atoms with Crippen LogP contribution in [-0.4, -0.2) is 37.4 Å². The second kappa shape index (κ2) is 10.3. The zero-order valence-electron chi connectivity index (χ0n) is 17.3. The van der Waals surface area contributed by atoms with Crippen LogP contribution in [-0.2, 0) is 25.6 Å². The number of rotatable bonds is 9. The molecule has 0 aliphatic heterocycles. The molecular formula is C21H33NO5. The van der Waals surface area contributed by atoms with Gasteiger partial charge in [-0.2, -0.15) is 0 Å². The molecule has 0 aliphatic carbocycles. The summed E-state index contributed by atoms with van der Waals surface area (Å²) in [5.41, 5.74) is 0.343. The van der Waals surface area contributed by atoms with Gasteiger partial charge < -0.3 is 19.5 Å². The lowest BCUT2D eigenvalue weighted by Crippen LogP contribution is -2.41. The lowest BCUT2D eigenvalue weighted by molar-refractivity contribution is -0.159. The predicted octanol–water partition coefficient (Wildman–Crippen LogP) is 4.08. The van der Waals surface area contributed by atoms with Crippen molar-refractivity contribution in [1.29, 1.82) is 0 Å². The molecule has 0 heterocycles. The first-order chi connectivity index (χ1) is 12.5. The standard InChI is InChI=1S/C21H33NO5/c1-20(2,3)15-21(4,5)27-18(23)12-17(14-25-6)22-19(24)26-13-16-10-8-7-9-11-16/h7-11,17H,12-15H2,1-6H3,(H,22,24)/t17-/m0/s1. The molecule has 0 fully saturated rings. The second-order valence-corrected chi connectivity index (χ2v) is 8.53. The van der Waals surface area contributed by atoms with Crippen molar-refractivity contribution >= 4 is 12.1 Å². The molecule has 1 atom stereocenters. The summed E-state index contributed by atoms with van der Waals surface area (Å²) in [4.78, 5) is 24.3. The number of carbonyl (C=O) groups excluding carboxylic acids is 2. The van der Waals surface area contributed by atoms with Gasteiger partial charge in [-0.1, -0.05) is 51.1 Å². The number of carbonyl (C=O) groups is 2. The van der Waals surface area contributed by atoms with Crippen molar-refractivity contribution in [2.75, 3.05) is 13.7 Å². The maximum absolute atomic E-state index is 12.3. The number of hydrogen-bond donors (Lipinski definition) is 1. The van der Waals surface area contributed by atoms with Crippen molar-refractivity contribution in [2.24, 2.45) is 5.41 Å². The normalized spacial score (nSPS) is 13.0. The van der Waals surface area contributed by atoms with Crippen molar-refractivity contribution in [3.8, 4) is 0 Å². The molecule has 27 heavy (non-hydrogen) atoms. The molecule has 1 amide bonds. The van der Waals surface area contributed by atoms with Gasteiger partial charge in [-0.3, -0.25) is 4.79 Å². The van der Waals surface area contributed by atoms with Gasteiger partial charge in [-0.05, 0) is 31.2 Å². The van der Waals surface area contributed by atoms with E-state index in [4.69, 9.17) is 14.2 Å². The minimum Gasteiger partial charge on any atom is -0.460 e. The zero-order valence-corrected chi connectivity index (χ0v) is 17.3. The summed E-state index contributed by atoms with van der Waals surface area (Å²) in [5, 5.41) is 2.67. The number of hydrogen-bond acceptors (Lipinski definition) is 5. The van der Waals surface area contributed by atoms with Gasteiger partial charge in [0.15, 0.2) is 0 Å². The Kier molecular flexibility index (Phi) is 8.76. The monoisotopic (exact) mass is 379 g/mol. The fourth-order valence-electron chi connectivity index (χ4n) is 3.15. The number of esters is 1. The summed E-state index contributed by atoms with van der Waals surface area (Å²) in [6.07, 6.45) is 0.150. The Balaban J connectivity index is 2.52. The van der Waals surface area contributed by atoms with Crippen LogP contribution in [0.4, 0.5) is 4.79 Å². The SMILES string of the molecule is COC[C@H](CC(=O)OC(C)(C)CC(C)(C)C)NC(=O)OCc1ccccc1. The van der Waals surface area contributed by atoms with Crippen LogP contribution in [0.2, 0.25) is 0 Å². The number of benzene rings is 1. The molecule has 152 valence electrons. The van der Waals surface area contributed by atoms with Crippen molar-refractivity contribution in [2.45, 2.75) is 65.7 Å². The van der Waals surface area contributed by atoms with Gasteiger partial charge in [-0.15, -0.1) is 0 Å². The van der Waals surface area contributed by atoms with Crippen molar-refractivity contribution in [3.05, 3.63) is 35.9 Å². The van der Waals surface area contributed by atoms with E-state index in [-0.39, 0.29) is 31.0 Å². The molecule has 0 unspecified atom stereocenters. The Morgan fingerprint density at radius 2 is 1.70 bits per heavy atom. The van der Waals surface area contributed by atoms with E-state index < -0.39 is 17.7 Å². The largest absolute Gasteiger partial charge is 0.460 e. The van der Waals surface area contributed by atoms with Crippen LogP contribution in [0.15, 0.2) is 30.3 Å². The molecule has 6 heteroatoms. The maximum Gasteiger partial charge on any atom is 0.407 e. The third kappa shape index (κ3) is 10.6. The maximum atomic E-state index is 12.3. The van der Waals surface area contributed by atoms with Gasteiger partial charge >= 0.3 is 12.1 Å². The van der Waals surface area contributed by atoms with Gasteiger partial charge in [0.05, 0.1) is 19.1 Å². The Labute approximate surface area is 162 Å². The first-order valence-electron chi connectivity index (χ1n) is 9.19. The second-order valence-electron chi connectivity index (χ2n) is 8.53. The summed E-state index contributed by atoms with van der Waals surface area (Å²) in [7, 11) is 1.51. The first kappa shape index (κ1) is 23.0. The van der Waals surface area contributed by atoms with E-state index in [2.05, 4.69) is 26.1 Å². The highest BCUT2D eigenvalue weighted by molar-refractivity contribution is 5.73. The quantitative estimate of drug-likeness (QED) is 0.655. The number of amides is 1. The Morgan fingerprint density at radius 3 is 2.26 bits per heavy atom. The lowest BCUT2D eigenvalue weighted by Gasteiger charge is -2.32. The van der Waals surface area contributed by atoms with Crippen LogP contribution >= 0.6 is 0 Å². The molecule has 0 radical (unpaired) electrons. The van der Waals surface area contributed by atoms with Gasteiger partial charge in [0.2, 0.25) is 0 Å². The number of ether oxygens (including phenoxy) is 3. The number of nitrogens with one attached hydrogen (secondary N) is 1. The highest BCUT2D eigenvalue weighted by Crippen LogP contribution is 2.29.